The Morgan fingerprint density at radius 1 is 1.29 bits per heavy atom. The maximum atomic E-state index is 12.9. The molecule has 0 saturated carbocycles. The van der Waals surface area contributed by atoms with Crippen LogP contribution in [-0.4, -0.2) is 33.5 Å². The van der Waals surface area contributed by atoms with Gasteiger partial charge in [-0.3, -0.25) is 14.6 Å². The van der Waals surface area contributed by atoms with E-state index >= 15 is 0 Å². The van der Waals surface area contributed by atoms with E-state index in [2.05, 4.69) is 20.4 Å². The smallest absolute Gasteiger partial charge is 0.259 e. The normalized spacial score (nSPS) is 13.1. The van der Waals surface area contributed by atoms with Gasteiger partial charge in [0.05, 0.1) is 12.0 Å². The Kier molecular flexibility index (Phi) is 4.84. The van der Waals surface area contributed by atoms with Gasteiger partial charge in [0, 0.05) is 37.2 Å². The molecule has 2 aromatic heterocycles. The van der Waals surface area contributed by atoms with Crippen molar-refractivity contribution in [3.63, 3.8) is 0 Å². The standard InChI is InChI=1S/C20H19N5O3/c1-13-22-18(24-28-13)11-19(26)23-16-7-6-14-5-3-9-25(17(14)10-16)20(27)15-4-2-8-21-12-15/h2,4,6-8,10,12H,3,5,9,11H2,1H3,(H,23,26). The molecule has 0 saturated heterocycles. The molecule has 28 heavy (non-hydrogen) atoms. The molecule has 0 atom stereocenters. The minimum absolute atomic E-state index is 0.0206. The lowest BCUT2D eigenvalue weighted by Crippen LogP contribution is -2.35. The Hall–Kier alpha value is -3.55. The average molecular weight is 377 g/mol. The molecule has 8 heteroatoms. The number of nitrogens with one attached hydrogen (secondary N) is 1. The molecule has 2 amide bonds. The third-order valence-corrected chi connectivity index (χ3v) is 4.53. The van der Waals surface area contributed by atoms with E-state index in [0.717, 1.165) is 24.1 Å². The minimum atomic E-state index is -0.248. The van der Waals surface area contributed by atoms with E-state index in [-0.39, 0.29) is 18.2 Å². The Bertz CT molecular complexity index is 1020. The Labute approximate surface area is 161 Å². The Morgan fingerprint density at radius 2 is 2.18 bits per heavy atom. The lowest BCUT2D eigenvalue weighted by Gasteiger charge is -2.30. The van der Waals surface area contributed by atoms with Gasteiger partial charge in [-0.2, -0.15) is 4.98 Å². The number of aryl methyl sites for hydroxylation is 2. The number of nitrogens with zero attached hydrogens (tertiary/aromatic N) is 4. The van der Waals surface area contributed by atoms with Crippen LogP contribution in [0.1, 0.15) is 34.1 Å². The fraction of sp³-hybridized carbons (Fsp3) is 0.250. The fourth-order valence-corrected chi connectivity index (χ4v) is 3.27. The number of anilines is 2. The van der Waals surface area contributed by atoms with E-state index < -0.39 is 0 Å². The predicted molar refractivity (Wildman–Crippen MR) is 102 cm³/mol. The minimum Gasteiger partial charge on any atom is -0.340 e. The molecule has 1 N–H and O–H groups in total. The number of hydrogen-bond donors (Lipinski definition) is 1. The first-order chi connectivity index (χ1) is 13.6. The summed E-state index contributed by atoms with van der Waals surface area (Å²) in [5, 5.41) is 6.57. The number of amides is 2. The van der Waals surface area contributed by atoms with Crippen molar-refractivity contribution in [3.8, 4) is 0 Å². The van der Waals surface area contributed by atoms with Crippen molar-refractivity contribution in [1.29, 1.82) is 0 Å². The summed E-state index contributed by atoms with van der Waals surface area (Å²) < 4.78 is 4.88. The monoisotopic (exact) mass is 377 g/mol. The lowest BCUT2D eigenvalue weighted by atomic mass is 10.00. The lowest BCUT2D eigenvalue weighted by molar-refractivity contribution is -0.115. The molecule has 0 bridgehead atoms. The second-order valence-corrected chi connectivity index (χ2v) is 6.60. The molecule has 142 valence electrons. The number of pyridine rings is 1. The van der Waals surface area contributed by atoms with E-state index in [1.165, 1.54) is 0 Å². The number of carbonyl (C=O) groups is 2. The molecule has 3 aromatic rings. The highest BCUT2D eigenvalue weighted by molar-refractivity contribution is 6.07. The number of fused-ring (bicyclic) bond motifs is 1. The summed E-state index contributed by atoms with van der Waals surface area (Å²) in [5.41, 5.74) is 3.05. The van der Waals surface area contributed by atoms with Gasteiger partial charge in [-0.1, -0.05) is 11.2 Å². The van der Waals surface area contributed by atoms with Crippen LogP contribution in [0, 0.1) is 6.92 Å². The fourth-order valence-electron chi connectivity index (χ4n) is 3.27. The zero-order valence-electron chi connectivity index (χ0n) is 15.4. The molecule has 3 heterocycles. The van der Waals surface area contributed by atoms with Gasteiger partial charge in [-0.15, -0.1) is 0 Å². The molecule has 4 rings (SSSR count). The van der Waals surface area contributed by atoms with Crippen LogP contribution in [0.4, 0.5) is 11.4 Å². The molecule has 0 radical (unpaired) electrons. The van der Waals surface area contributed by atoms with Crippen molar-refractivity contribution in [2.75, 3.05) is 16.8 Å². The molecule has 1 aliphatic heterocycles. The summed E-state index contributed by atoms with van der Waals surface area (Å²) >= 11 is 0. The highest BCUT2D eigenvalue weighted by Gasteiger charge is 2.24. The van der Waals surface area contributed by atoms with E-state index in [9.17, 15) is 9.59 Å². The summed E-state index contributed by atoms with van der Waals surface area (Å²) in [6, 6.07) is 9.13. The number of aromatic nitrogens is 3. The molecule has 1 aromatic carbocycles. The first-order valence-corrected chi connectivity index (χ1v) is 9.04. The zero-order valence-corrected chi connectivity index (χ0v) is 15.4. The second kappa shape index (κ2) is 7.59. The van der Waals surface area contributed by atoms with Crippen LogP contribution >= 0.6 is 0 Å². The van der Waals surface area contributed by atoms with Crippen LogP contribution in [0.25, 0.3) is 0 Å². The predicted octanol–water partition coefficient (Wildman–Crippen LogP) is 2.55. The van der Waals surface area contributed by atoms with Crippen molar-refractivity contribution in [2.45, 2.75) is 26.2 Å². The quantitative estimate of drug-likeness (QED) is 0.750. The van der Waals surface area contributed by atoms with Crippen LogP contribution in [0.3, 0.4) is 0 Å². The van der Waals surface area contributed by atoms with Crippen LogP contribution in [0.2, 0.25) is 0 Å². The number of carbonyl (C=O) groups excluding carboxylic acids is 2. The van der Waals surface area contributed by atoms with Gasteiger partial charge in [0.25, 0.3) is 5.91 Å². The third-order valence-electron chi connectivity index (χ3n) is 4.53. The molecule has 0 fully saturated rings. The molecular formula is C20H19N5O3. The van der Waals surface area contributed by atoms with E-state index in [1.54, 1.807) is 36.4 Å². The van der Waals surface area contributed by atoms with E-state index in [1.807, 2.05) is 18.2 Å². The van der Waals surface area contributed by atoms with Gasteiger partial charge in [0.2, 0.25) is 11.8 Å². The topological polar surface area (TPSA) is 101 Å². The largest absolute Gasteiger partial charge is 0.340 e. The van der Waals surface area contributed by atoms with Gasteiger partial charge >= 0.3 is 0 Å². The van der Waals surface area contributed by atoms with Gasteiger partial charge < -0.3 is 14.7 Å². The maximum absolute atomic E-state index is 12.9. The second-order valence-electron chi connectivity index (χ2n) is 6.60. The van der Waals surface area contributed by atoms with Crippen molar-refractivity contribution >= 4 is 23.2 Å². The first kappa shape index (κ1) is 17.8. The van der Waals surface area contributed by atoms with E-state index in [0.29, 0.717) is 29.5 Å². The number of benzene rings is 1. The van der Waals surface area contributed by atoms with Crippen molar-refractivity contribution in [2.24, 2.45) is 0 Å². The highest BCUT2D eigenvalue weighted by Crippen LogP contribution is 2.31. The molecule has 8 nitrogen and oxygen atoms in total. The maximum Gasteiger partial charge on any atom is 0.259 e. The van der Waals surface area contributed by atoms with Crippen LogP contribution in [0.15, 0.2) is 47.2 Å². The van der Waals surface area contributed by atoms with Crippen LogP contribution < -0.4 is 10.2 Å². The van der Waals surface area contributed by atoms with Gasteiger partial charge in [-0.05, 0) is 42.7 Å². The van der Waals surface area contributed by atoms with Crippen molar-refractivity contribution < 1.29 is 14.1 Å². The van der Waals surface area contributed by atoms with Gasteiger partial charge in [0.1, 0.15) is 0 Å². The molecule has 0 unspecified atom stereocenters. The average Bonchev–Trinajstić information content (AvgIpc) is 3.12. The van der Waals surface area contributed by atoms with Crippen molar-refractivity contribution in [3.05, 3.63) is 65.6 Å². The molecule has 0 spiro atoms. The summed E-state index contributed by atoms with van der Waals surface area (Å²) in [5.74, 6) is 0.406. The highest BCUT2D eigenvalue weighted by atomic mass is 16.5. The SMILES string of the molecule is Cc1nc(CC(=O)Nc2ccc3c(c2)N(C(=O)c2cccnc2)CCC3)no1. The van der Waals surface area contributed by atoms with Gasteiger partial charge in [-0.25, -0.2) is 0 Å². The molecule has 0 aliphatic carbocycles. The Morgan fingerprint density at radius 3 is 2.93 bits per heavy atom. The zero-order chi connectivity index (χ0) is 19.5. The molecular weight excluding hydrogens is 358 g/mol. The first-order valence-electron chi connectivity index (χ1n) is 9.04. The summed E-state index contributed by atoms with van der Waals surface area (Å²) in [4.78, 5) is 35.0. The van der Waals surface area contributed by atoms with Crippen molar-refractivity contribution in [1.82, 2.24) is 15.1 Å². The van der Waals surface area contributed by atoms with Crippen LogP contribution in [-0.2, 0) is 17.6 Å². The van der Waals surface area contributed by atoms with Crippen LogP contribution in [0.5, 0.6) is 0 Å². The Balaban J connectivity index is 1.54. The third kappa shape index (κ3) is 3.75. The molecule has 1 aliphatic rings. The summed E-state index contributed by atoms with van der Waals surface area (Å²) in [6.07, 6.45) is 5.01. The van der Waals surface area contributed by atoms with Gasteiger partial charge in [0.15, 0.2) is 5.82 Å². The summed E-state index contributed by atoms with van der Waals surface area (Å²) in [6.45, 7) is 2.30. The number of rotatable bonds is 4. The number of hydrogen-bond acceptors (Lipinski definition) is 6. The summed E-state index contributed by atoms with van der Waals surface area (Å²) in [7, 11) is 0. The van der Waals surface area contributed by atoms with E-state index in [4.69, 9.17) is 4.52 Å².